The summed E-state index contributed by atoms with van der Waals surface area (Å²) in [7, 11) is 2.06. The van der Waals surface area contributed by atoms with Gasteiger partial charge in [-0.2, -0.15) is 13.2 Å². The molecule has 0 spiro atoms. The topological polar surface area (TPSA) is 28.2 Å². The third-order valence-electron chi connectivity index (χ3n) is 6.67. The predicted molar refractivity (Wildman–Crippen MR) is 139 cm³/mol. The van der Waals surface area contributed by atoms with E-state index in [1.807, 2.05) is 27.0 Å². The van der Waals surface area contributed by atoms with Gasteiger partial charge in [0, 0.05) is 25.5 Å². The molecule has 1 aliphatic carbocycles. The molecule has 1 fully saturated rings. The Bertz CT molecular complexity index is 1050. The van der Waals surface area contributed by atoms with Gasteiger partial charge in [0.2, 0.25) is 0 Å². The molecule has 1 saturated heterocycles. The summed E-state index contributed by atoms with van der Waals surface area (Å²) < 4.78 is 41.1. The predicted octanol–water partition coefficient (Wildman–Crippen LogP) is 7.70. The van der Waals surface area contributed by atoms with E-state index >= 15 is 0 Å². The van der Waals surface area contributed by atoms with Crippen molar-refractivity contribution in [3.8, 4) is 0 Å². The van der Waals surface area contributed by atoms with Crippen molar-refractivity contribution in [1.82, 2.24) is 9.88 Å². The first kappa shape index (κ1) is 26.8. The van der Waals surface area contributed by atoms with Crippen LogP contribution in [0.1, 0.15) is 64.5 Å². The Kier molecular flexibility index (Phi) is 9.03. The zero-order chi connectivity index (χ0) is 25.6. The second-order valence-electron chi connectivity index (χ2n) is 9.56. The minimum absolute atomic E-state index is 0.0443. The maximum Gasteiger partial charge on any atom is 0.416 e. The van der Waals surface area contributed by atoms with Gasteiger partial charge in [0.05, 0.1) is 11.6 Å². The summed E-state index contributed by atoms with van der Waals surface area (Å²) in [6, 6.07) is 2.15. The number of likely N-dealkylation sites (tertiary alicyclic amines) is 1. The Hall–Kier alpha value is -2.76. The summed E-state index contributed by atoms with van der Waals surface area (Å²) in [6.45, 7) is 8.38. The number of aryl methyl sites for hydroxylation is 1. The van der Waals surface area contributed by atoms with E-state index in [-0.39, 0.29) is 6.04 Å². The average molecular weight is 486 g/mol. The van der Waals surface area contributed by atoms with Gasteiger partial charge in [-0.3, -0.25) is 0 Å². The van der Waals surface area contributed by atoms with Crippen molar-refractivity contribution in [2.45, 2.75) is 78.4 Å². The zero-order valence-electron chi connectivity index (χ0n) is 21.6. The number of nitrogens with zero attached hydrogens (tertiary/aromatic N) is 2. The van der Waals surface area contributed by atoms with Gasteiger partial charge in [0.25, 0.3) is 0 Å². The lowest BCUT2D eigenvalue weighted by atomic mass is 9.93. The van der Waals surface area contributed by atoms with Crippen molar-refractivity contribution in [2.24, 2.45) is 0 Å². The Labute approximate surface area is 208 Å². The van der Waals surface area contributed by atoms with E-state index < -0.39 is 11.7 Å². The monoisotopic (exact) mass is 485 g/mol. The number of halogens is 3. The van der Waals surface area contributed by atoms with E-state index in [2.05, 4.69) is 34.4 Å². The molecular formula is C29H38F3N3. The van der Waals surface area contributed by atoms with Gasteiger partial charge in [0.15, 0.2) is 0 Å². The van der Waals surface area contributed by atoms with E-state index in [1.165, 1.54) is 23.3 Å². The van der Waals surface area contributed by atoms with E-state index in [0.29, 0.717) is 12.0 Å². The average Bonchev–Trinajstić information content (AvgIpc) is 3.27. The van der Waals surface area contributed by atoms with Crippen LogP contribution in [0.15, 0.2) is 70.6 Å². The maximum atomic E-state index is 13.7. The van der Waals surface area contributed by atoms with Crippen molar-refractivity contribution in [3.05, 3.63) is 81.8 Å². The van der Waals surface area contributed by atoms with Crippen molar-refractivity contribution in [3.63, 3.8) is 0 Å². The molecule has 0 bridgehead atoms. The highest BCUT2D eigenvalue weighted by atomic mass is 19.4. The Morgan fingerprint density at radius 1 is 1.23 bits per heavy atom. The SMILES string of the molecule is C\C=C/C(=C\C(=C\CC)C(F)(F)F)C(/C=C1/C(Nc2nccc3c2CCC3)CCCN1C)=C(C)C. The molecule has 2 aliphatic rings. The molecule has 190 valence electrons. The molecule has 1 aromatic rings. The molecule has 6 heteroatoms. The highest BCUT2D eigenvalue weighted by molar-refractivity contribution is 5.56. The molecule has 3 rings (SSSR count). The molecule has 0 radical (unpaired) electrons. The van der Waals surface area contributed by atoms with Gasteiger partial charge in [-0.1, -0.05) is 30.7 Å². The van der Waals surface area contributed by atoms with Crippen LogP contribution in [0.2, 0.25) is 0 Å². The molecule has 0 aromatic carbocycles. The van der Waals surface area contributed by atoms with Crippen molar-refractivity contribution >= 4 is 5.82 Å². The van der Waals surface area contributed by atoms with E-state index in [4.69, 9.17) is 0 Å². The van der Waals surface area contributed by atoms with Gasteiger partial charge in [-0.15, -0.1) is 0 Å². The maximum absolute atomic E-state index is 13.7. The van der Waals surface area contributed by atoms with Crippen LogP contribution >= 0.6 is 0 Å². The van der Waals surface area contributed by atoms with Gasteiger partial charge in [0.1, 0.15) is 5.82 Å². The first-order valence-corrected chi connectivity index (χ1v) is 12.6. The summed E-state index contributed by atoms with van der Waals surface area (Å²) in [6.07, 6.45) is 11.2. The third kappa shape index (κ3) is 6.68. The summed E-state index contributed by atoms with van der Waals surface area (Å²) in [5.74, 6) is 0.944. The van der Waals surface area contributed by atoms with Crippen LogP contribution < -0.4 is 5.32 Å². The fourth-order valence-electron chi connectivity index (χ4n) is 4.93. The number of aromatic nitrogens is 1. The number of rotatable bonds is 7. The standard InChI is InChI=1S/C29H38F3N3/c1-6-10-22(18-23(11-7-2)29(30,31)32)25(20(3)4)19-27-26(14-9-17-35(27)5)34-28-24-13-8-12-21(24)15-16-33-28/h6,10-11,15-16,18-19,26H,7-9,12-14,17H2,1-5H3,(H,33,34)/b10-6-,22-18+,23-11-,27-19-. The Morgan fingerprint density at radius 2 is 2.00 bits per heavy atom. The Balaban J connectivity index is 2.04. The molecule has 3 nitrogen and oxygen atoms in total. The smallest absolute Gasteiger partial charge is 0.376 e. The van der Waals surface area contributed by atoms with Crippen LogP contribution in [0.4, 0.5) is 19.0 Å². The lowest BCUT2D eigenvalue weighted by molar-refractivity contribution is -0.0884. The summed E-state index contributed by atoms with van der Waals surface area (Å²) in [4.78, 5) is 6.86. The number of hydrogen-bond donors (Lipinski definition) is 1. The molecular weight excluding hydrogens is 447 g/mol. The molecule has 1 aliphatic heterocycles. The van der Waals surface area contributed by atoms with Crippen LogP contribution in [0.25, 0.3) is 0 Å². The summed E-state index contributed by atoms with van der Waals surface area (Å²) in [5.41, 5.74) is 5.48. The second kappa shape index (κ2) is 11.8. The van der Waals surface area contributed by atoms with Gasteiger partial charge in [-0.25, -0.2) is 4.98 Å². The lowest BCUT2D eigenvalue weighted by Gasteiger charge is -2.36. The number of allylic oxidation sites excluding steroid dienone is 9. The highest BCUT2D eigenvalue weighted by Gasteiger charge is 2.32. The number of nitrogens with one attached hydrogen (secondary N) is 1. The lowest BCUT2D eigenvalue weighted by Crippen LogP contribution is -2.38. The number of fused-ring (bicyclic) bond motifs is 1. The normalized spacial score (nSPS) is 20.5. The molecule has 0 amide bonds. The summed E-state index contributed by atoms with van der Waals surface area (Å²) >= 11 is 0. The van der Waals surface area contributed by atoms with E-state index in [1.54, 1.807) is 19.1 Å². The third-order valence-corrected chi connectivity index (χ3v) is 6.67. The number of likely N-dealkylation sites (N-methyl/N-ethyl adjacent to an activating group) is 1. The zero-order valence-corrected chi connectivity index (χ0v) is 21.6. The first-order chi connectivity index (χ1) is 16.7. The first-order valence-electron chi connectivity index (χ1n) is 12.6. The number of hydrogen-bond acceptors (Lipinski definition) is 3. The van der Waals surface area contributed by atoms with Gasteiger partial charge < -0.3 is 10.2 Å². The van der Waals surface area contributed by atoms with Crippen LogP contribution in [0, 0.1) is 0 Å². The fourth-order valence-corrected chi connectivity index (χ4v) is 4.93. The molecule has 1 atom stereocenters. The number of alkyl halides is 3. The van der Waals surface area contributed by atoms with E-state index in [9.17, 15) is 13.2 Å². The Morgan fingerprint density at radius 3 is 2.66 bits per heavy atom. The molecule has 1 N–H and O–H groups in total. The largest absolute Gasteiger partial charge is 0.416 e. The minimum Gasteiger partial charge on any atom is -0.376 e. The van der Waals surface area contributed by atoms with Crippen LogP contribution in [0.5, 0.6) is 0 Å². The molecule has 1 aromatic heterocycles. The van der Waals surface area contributed by atoms with Crippen molar-refractivity contribution in [1.29, 1.82) is 0 Å². The van der Waals surface area contributed by atoms with Crippen molar-refractivity contribution < 1.29 is 13.2 Å². The highest BCUT2D eigenvalue weighted by Crippen LogP contribution is 2.34. The molecule has 1 unspecified atom stereocenters. The molecule has 35 heavy (non-hydrogen) atoms. The van der Waals surface area contributed by atoms with Crippen LogP contribution in [-0.4, -0.2) is 35.7 Å². The molecule has 0 saturated carbocycles. The second-order valence-corrected chi connectivity index (χ2v) is 9.56. The quantitative estimate of drug-likeness (QED) is 0.401. The fraction of sp³-hybridized carbons (Fsp3) is 0.483. The molecule has 2 heterocycles. The minimum atomic E-state index is -4.40. The number of pyridine rings is 1. The van der Waals surface area contributed by atoms with Gasteiger partial charge >= 0.3 is 6.18 Å². The van der Waals surface area contributed by atoms with E-state index in [0.717, 1.165) is 61.3 Å². The number of piperidine rings is 1. The number of anilines is 1. The van der Waals surface area contributed by atoms with Crippen molar-refractivity contribution in [2.75, 3.05) is 18.9 Å². The van der Waals surface area contributed by atoms with Gasteiger partial charge in [-0.05, 0) is 99.8 Å². The summed E-state index contributed by atoms with van der Waals surface area (Å²) in [5, 5.41) is 3.69. The van der Waals surface area contributed by atoms with Crippen LogP contribution in [0.3, 0.4) is 0 Å². The van der Waals surface area contributed by atoms with Crippen LogP contribution in [-0.2, 0) is 12.8 Å².